The van der Waals surface area contributed by atoms with Gasteiger partial charge in [-0.25, -0.2) is 0 Å². The third-order valence-corrected chi connectivity index (χ3v) is 4.78. The summed E-state index contributed by atoms with van der Waals surface area (Å²) >= 11 is 0. The smallest absolute Gasteiger partial charge is 0.225 e. The van der Waals surface area contributed by atoms with Gasteiger partial charge in [0.05, 0.1) is 0 Å². The molecule has 21 heavy (non-hydrogen) atoms. The Bertz CT molecular complexity index is 398. The highest BCUT2D eigenvalue weighted by Crippen LogP contribution is 2.56. The van der Waals surface area contributed by atoms with Crippen molar-refractivity contribution in [1.82, 2.24) is 4.90 Å². The second kappa shape index (κ2) is 6.54. The maximum absolute atomic E-state index is 12.5. The van der Waals surface area contributed by atoms with Crippen LogP contribution in [-0.2, 0) is 4.79 Å². The van der Waals surface area contributed by atoms with Crippen LogP contribution in [0.1, 0.15) is 74.7 Å². The normalized spacial score (nSPS) is 24.9. The van der Waals surface area contributed by atoms with Crippen molar-refractivity contribution in [1.29, 1.82) is 0 Å². The summed E-state index contributed by atoms with van der Waals surface area (Å²) < 4.78 is 0. The van der Waals surface area contributed by atoms with E-state index in [1.165, 1.54) is 24.8 Å². The van der Waals surface area contributed by atoms with Gasteiger partial charge in [-0.05, 0) is 65.2 Å². The standard InChI is InChI=1S/C19H35NO/c1-14(2)10-9-11-19(8)12-16(19)13-20(18(5,6)7)17(21)15(3)4/h10,15-16H,9,11-13H2,1-8H3. The molecular weight excluding hydrogens is 258 g/mol. The fraction of sp³-hybridized carbons (Fsp3) is 0.842. The quantitative estimate of drug-likeness (QED) is 0.628. The van der Waals surface area contributed by atoms with Gasteiger partial charge < -0.3 is 4.90 Å². The molecule has 1 rings (SSSR count). The van der Waals surface area contributed by atoms with Gasteiger partial charge in [-0.3, -0.25) is 4.79 Å². The van der Waals surface area contributed by atoms with E-state index >= 15 is 0 Å². The molecule has 1 saturated carbocycles. The van der Waals surface area contributed by atoms with E-state index in [1.807, 2.05) is 13.8 Å². The Morgan fingerprint density at radius 3 is 2.33 bits per heavy atom. The summed E-state index contributed by atoms with van der Waals surface area (Å²) in [5.74, 6) is 1.05. The number of carbonyl (C=O) groups is 1. The van der Waals surface area contributed by atoms with Crippen molar-refractivity contribution in [2.75, 3.05) is 6.54 Å². The Kier molecular flexibility index (Phi) is 5.69. The van der Waals surface area contributed by atoms with Crippen molar-refractivity contribution < 1.29 is 4.79 Å². The molecule has 2 atom stereocenters. The summed E-state index contributed by atoms with van der Waals surface area (Å²) in [6, 6.07) is 0. The first kappa shape index (κ1) is 18.3. The predicted octanol–water partition coefficient (Wildman–Crippen LogP) is 5.04. The molecule has 1 aliphatic rings. The molecule has 122 valence electrons. The van der Waals surface area contributed by atoms with E-state index in [4.69, 9.17) is 0 Å². The molecule has 0 heterocycles. The number of rotatable bonds is 6. The second-order valence-electron chi connectivity index (χ2n) is 8.65. The van der Waals surface area contributed by atoms with Crippen molar-refractivity contribution in [3.63, 3.8) is 0 Å². The Hall–Kier alpha value is -0.790. The maximum Gasteiger partial charge on any atom is 0.225 e. The summed E-state index contributed by atoms with van der Waals surface area (Å²) in [6.45, 7) is 18.1. The predicted molar refractivity (Wildman–Crippen MR) is 91.2 cm³/mol. The molecule has 0 aromatic rings. The highest BCUT2D eigenvalue weighted by molar-refractivity contribution is 5.78. The van der Waals surface area contributed by atoms with Crippen LogP contribution in [0.25, 0.3) is 0 Å². The minimum atomic E-state index is -0.0786. The van der Waals surface area contributed by atoms with E-state index in [-0.39, 0.29) is 11.5 Å². The molecule has 2 nitrogen and oxygen atoms in total. The molecule has 1 fully saturated rings. The first-order chi connectivity index (χ1) is 9.47. The van der Waals surface area contributed by atoms with Crippen molar-refractivity contribution in [2.24, 2.45) is 17.3 Å². The second-order valence-corrected chi connectivity index (χ2v) is 8.65. The zero-order valence-corrected chi connectivity index (χ0v) is 15.4. The summed E-state index contributed by atoms with van der Waals surface area (Å²) in [6.07, 6.45) is 6.02. The van der Waals surface area contributed by atoms with Gasteiger partial charge in [0.25, 0.3) is 0 Å². The minimum absolute atomic E-state index is 0.0786. The lowest BCUT2D eigenvalue weighted by Crippen LogP contribution is -2.48. The summed E-state index contributed by atoms with van der Waals surface area (Å²) in [5, 5.41) is 0. The molecular formula is C19H35NO. The number of allylic oxidation sites excluding steroid dienone is 2. The van der Waals surface area contributed by atoms with E-state index in [2.05, 4.69) is 52.5 Å². The van der Waals surface area contributed by atoms with Gasteiger partial charge in [-0.2, -0.15) is 0 Å². The average Bonchev–Trinajstić information content (AvgIpc) is 2.94. The first-order valence-electron chi connectivity index (χ1n) is 8.42. The van der Waals surface area contributed by atoms with Crippen molar-refractivity contribution in [2.45, 2.75) is 80.2 Å². The summed E-state index contributed by atoms with van der Waals surface area (Å²) in [5.41, 5.74) is 1.76. The van der Waals surface area contributed by atoms with Gasteiger partial charge >= 0.3 is 0 Å². The molecule has 0 N–H and O–H groups in total. The van der Waals surface area contributed by atoms with E-state index < -0.39 is 0 Å². The van der Waals surface area contributed by atoms with Crippen LogP contribution in [0.3, 0.4) is 0 Å². The lowest BCUT2D eigenvalue weighted by Gasteiger charge is -2.37. The number of hydrogen-bond donors (Lipinski definition) is 0. The number of nitrogens with zero attached hydrogens (tertiary/aromatic N) is 1. The van der Waals surface area contributed by atoms with Crippen LogP contribution in [0, 0.1) is 17.3 Å². The fourth-order valence-electron chi connectivity index (χ4n) is 3.01. The first-order valence-corrected chi connectivity index (χ1v) is 8.42. The molecule has 0 aromatic heterocycles. The lowest BCUT2D eigenvalue weighted by molar-refractivity contribution is -0.139. The monoisotopic (exact) mass is 293 g/mol. The zero-order valence-electron chi connectivity index (χ0n) is 15.4. The van der Waals surface area contributed by atoms with Gasteiger partial charge in [-0.1, -0.05) is 32.4 Å². The van der Waals surface area contributed by atoms with Crippen molar-refractivity contribution in [3.05, 3.63) is 11.6 Å². The number of carbonyl (C=O) groups excluding carboxylic acids is 1. The molecule has 2 heteroatoms. The molecule has 0 aromatic carbocycles. The molecule has 0 radical (unpaired) electrons. The van der Waals surface area contributed by atoms with Crippen LogP contribution in [0.2, 0.25) is 0 Å². The van der Waals surface area contributed by atoms with Crippen LogP contribution in [-0.4, -0.2) is 22.9 Å². The van der Waals surface area contributed by atoms with Gasteiger partial charge in [0, 0.05) is 18.0 Å². The van der Waals surface area contributed by atoms with Gasteiger partial charge in [0.2, 0.25) is 5.91 Å². The lowest BCUT2D eigenvalue weighted by atomic mass is 9.96. The molecule has 0 aliphatic heterocycles. The molecule has 0 saturated heterocycles. The third-order valence-electron chi connectivity index (χ3n) is 4.78. The zero-order chi connectivity index (χ0) is 16.4. The van der Waals surface area contributed by atoms with E-state index in [0.29, 0.717) is 17.2 Å². The minimum Gasteiger partial charge on any atom is -0.337 e. The van der Waals surface area contributed by atoms with Crippen LogP contribution < -0.4 is 0 Å². The molecule has 0 bridgehead atoms. The fourth-order valence-corrected chi connectivity index (χ4v) is 3.01. The molecule has 0 spiro atoms. The van der Waals surface area contributed by atoms with Crippen LogP contribution in [0.5, 0.6) is 0 Å². The topological polar surface area (TPSA) is 20.3 Å². The van der Waals surface area contributed by atoms with Crippen LogP contribution >= 0.6 is 0 Å². The highest BCUT2D eigenvalue weighted by atomic mass is 16.2. The van der Waals surface area contributed by atoms with E-state index in [0.717, 1.165) is 6.54 Å². The Morgan fingerprint density at radius 1 is 1.33 bits per heavy atom. The SMILES string of the molecule is CC(C)=CCCC1(C)CC1CN(C(=O)C(C)C)C(C)(C)C. The van der Waals surface area contributed by atoms with Crippen LogP contribution in [0.4, 0.5) is 0 Å². The Balaban J connectivity index is 2.63. The largest absolute Gasteiger partial charge is 0.337 e. The van der Waals surface area contributed by atoms with E-state index in [9.17, 15) is 4.79 Å². The van der Waals surface area contributed by atoms with Crippen molar-refractivity contribution in [3.8, 4) is 0 Å². The Labute approximate surface area is 132 Å². The molecule has 1 aliphatic carbocycles. The molecule has 2 unspecified atom stereocenters. The number of hydrogen-bond acceptors (Lipinski definition) is 1. The Morgan fingerprint density at radius 2 is 1.90 bits per heavy atom. The van der Waals surface area contributed by atoms with Gasteiger partial charge in [-0.15, -0.1) is 0 Å². The maximum atomic E-state index is 12.5. The van der Waals surface area contributed by atoms with Gasteiger partial charge in [0.15, 0.2) is 0 Å². The summed E-state index contributed by atoms with van der Waals surface area (Å²) in [4.78, 5) is 14.6. The highest BCUT2D eigenvalue weighted by Gasteiger charge is 2.50. The average molecular weight is 293 g/mol. The molecule has 1 amide bonds. The van der Waals surface area contributed by atoms with Crippen LogP contribution in [0.15, 0.2) is 11.6 Å². The van der Waals surface area contributed by atoms with E-state index in [1.54, 1.807) is 0 Å². The number of amides is 1. The summed E-state index contributed by atoms with van der Waals surface area (Å²) in [7, 11) is 0. The van der Waals surface area contributed by atoms with Gasteiger partial charge in [0.1, 0.15) is 0 Å². The third kappa shape index (κ3) is 5.16. The van der Waals surface area contributed by atoms with Crippen molar-refractivity contribution >= 4 is 5.91 Å².